The van der Waals surface area contributed by atoms with Gasteiger partial charge in [0.1, 0.15) is 0 Å². The summed E-state index contributed by atoms with van der Waals surface area (Å²) in [5, 5.41) is 3.45. The summed E-state index contributed by atoms with van der Waals surface area (Å²) in [5.74, 6) is 0. The van der Waals surface area contributed by atoms with Crippen molar-refractivity contribution in [1.29, 1.82) is 0 Å². The topological polar surface area (TPSA) is 28.2 Å². The Kier molecular flexibility index (Phi) is 5.62. The molecular formula is C15H25N3. The minimum atomic E-state index is 0.785. The lowest BCUT2D eigenvalue weighted by Gasteiger charge is -2.34. The van der Waals surface area contributed by atoms with Gasteiger partial charge in [-0.1, -0.05) is 6.92 Å². The molecule has 0 radical (unpaired) electrons. The molecule has 1 aromatic heterocycles. The van der Waals surface area contributed by atoms with Crippen LogP contribution in [-0.2, 0) is 6.42 Å². The third-order valence-corrected chi connectivity index (χ3v) is 3.77. The second-order valence-electron chi connectivity index (χ2n) is 5.12. The maximum atomic E-state index is 4.08. The number of rotatable bonds is 6. The van der Waals surface area contributed by atoms with E-state index in [1.54, 1.807) is 0 Å². The van der Waals surface area contributed by atoms with Gasteiger partial charge in [0, 0.05) is 25.0 Å². The van der Waals surface area contributed by atoms with E-state index in [1.807, 2.05) is 12.4 Å². The second-order valence-corrected chi connectivity index (χ2v) is 5.12. The number of pyridine rings is 1. The molecule has 0 aromatic carbocycles. The van der Waals surface area contributed by atoms with Gasteiger partial charge in [0.2, 0.25) is 0 Å². The number of nitrogens with zero attached hydrogens (tertiary/aromatic N) is 2. The van der Waals surface area contributed by atoms with E-state index in [9.17, 15) is 0 Å². The van der Waals surface area contributed by atoms with Crippen LogP contribution in [0.3, 0.4) is 0 Å². The zero-order chi connectivity index (χ0) is 12.6. The normalized spacial score (nSPS) is 17.2. The lowest BCUT2D eigenvalue weighted by atomic mass is 10.0. The fourth-order valence-electron chi connectivity index (χ4n) is 2.76. The number of nitrogens with one attached hydrogen (secondary N) is 1. The third kappa shape index (κ3) is 4.07. The first-order valence-corrected chi connectivity index (χ1v) is 7.24. The average molecular weight is 247 g/mol. The quantitative estimate of drug-likeness (QED) is 0.834. The maximum Gasteiger partial charge on any atom is 0.0270 e. The predicted molar refractivity (Wildman–Crippen MR) is 75.7 cm³/mol. The zero-order valence-electron chi connectivity index (χ0n) is 11.4. The summed E-state index contributed by atoms with van der Waals surface area (Å²) in [6.07, 6.45) is 8.79. The van der Waals surface area contributed by atoms with Crippen LogP contribution in [0.15, 0.2) is 24.5 Å². The molecule has 18 heavy (non-hydrogen) atoms. The van der Waals surface area contributed by atoms with Crippen LogP contribution >= 0.6 is 0 Å². The molecular weight excluding hydrogens is 222 g/mol. The molecule has 1 aliphatic heterocycles. The van der Waals surface area contributed by atoms with E-state index in [2.05, 4.69) is 34.3 Å². The van der Waals surface area contributed by atoms with Crippen molar-refractivity contribution in [3.8, 4) is 0 Å². The smallest absolute Gasteiger partial charge is 0.0270 e. The lowest BCUT2D eigenvalue weighted by Crippen LogP contribution is -2.44. The van der Waals surface area contributed by atoms with Crippen molar-refractivity contribution >= 4 is 0 Å². The van der Waals surface area contributed by atoms with Gasteiger partial charge in [-0.3, -0.25) is 9.88 Å². The monoisotopic (exact) mass is 247 g/mol. The summed E-state index contributed by atoms with van der Waals surface area (Å²) in [6, 6.07) is 5.05. The van der Waals surface area contributed by atoms with Crippen LogP contribution in [0, 0.1) is 0 Å². The Morgan fingerprint density at radius 2 is 1.94 bits per heavy atom. The van der Waals surface area contributed by atoms with Crippen molar-refractivity contribution in [2.75, 3.05) is 26.2 Å². The maximum absolute atomic E-state index is 4.08. The first-order chi connectivity index (χ1) is 8.90. The van der Waals surface area contributed by atoms with Gasteiger partial charge in [-0.25, -0.2) is 0 Å². The van der Waals surface area contributed by atoms with E-state index >= 15 is 0 Å². The minimum absolute atomic E-state index is 0.785. The SMILES string of the molecule is CCCN(CCc1ccncc1)C1CCNCC1. The summed E-state index contributed by atoms with van der Waals surface area (Å²) >= 11 is 0. The predicted octanol–water partition coefficient (Wildman–Crippen LogP) is 2.09. The third-order valence-electron chi connectivity index (χ3n) is 3.77. The molecule has 100 valence electrons. The summed E-state index contributed by atoms with van der Waals surface area (Å²) in [6.45, 7) is 7.05. The van der Waals surface area contributed by atoms with E-state index < -0.39 is 0 Å². The Labute approximate surface area is 111 Å². The number of hydrogen-bond acceptors (Lipinski definition) is 3. The van der Waals surface area contributed by atoms with Gasteiger partial charge in [0.05, 0.1) is 0 Å². The Hall–Kier alpha value is -0.930. The summed E-state index contributed by atoms with van der Waals surface area (Å²) in [4.78, 5) is 6.76. The van der Waals surface area contributed by atoms with Crippen molar-refractivity contribution in [2.24, 2.45) is 0 Å². The molecule has 1 aromatic rings. The van der Waals surface area contributed by atoms with Gasteiger partial charge in [-0.05, 0) is 63.0 Å². The molecule has 0 spiro atoms. The van der Waals surface area contributed by atoms with Crippen molar-refractivity contribution in [3.63, 3.8) is 0 Å². The van der Waals surface area contributed by atoms with Crippen molar-refractivity contribution in [1.82, 2.24) is 15.2 Å². The average Bonchev–Trinajstić information content (AvgIpc) is 2.45. The van der Waals surface area contributed by atoms with Crippen molar-refractivity contribution in [2.45, 2.75) is 38.6 Å². The van der Waals surface area contributed by atoms with Crippen molar-refractivity contribution in [3.05, 3.63) is 30.1 Å². The largest absolute Gasteiger partial charge is 0.317 e. The Bertz CT molecular complexity index is 320. The highest BCUT2D eigenvalue weighted by Crippen LogP contribution is 2.13. The molecule has 0 bridgehead atoms. The Morgan fingerprint density at radius 3 is 2.61 bits per heavy atom. The summed E-state index contributed by atoms with van der Waals surface area (Å²) < 4.78 is 0. The fraction of sp³-hybridized carbons (Fsp3) is 0.667. The molecule has 2 rings (SSSR count). The van der Waals surface area contributed by atoms with E-state index in [4.69, 9.17) is 0 Å². The zero-order valence-corrected chi connectivity index (χ0v) is 11.4. The van der Waals surface area contributed by atoms with Crippen LogP contribution in [0.2, 0.25) is 0 Å². The minimum Gasteiger partial charge on any atom is -0.317 e. The molecule has 0 saturated carbocycles. The van der Waals surface area contributed by atoms with Gasteiger partial charge >= 0.3 is 0 Å². The second kappa shape index (κ2) is 7.49. The van der Waals surface area contributed by atoms with Crippen LogP contribution in [0.4, 0.5) is 0 Å². The van der Waals surface area contributed by atoms with Gasteiger partial charge in [0.25, 0.3) is 0 Å². The summed E-state index contributed by atoms with van der Waals surface area (Å²) in [7, 11) is 0. The first kappa shape index (κ1) is 13.5. The standard InChI is InChI=1S/C15H25N3/c1-2-12-18(15-5-10-17-11-6-15)13-7-14-3-8-16-9-4-14/h3-4,8-9,15,17H,2,5-7,10-13H2,1H3. The molecule has 2 heterocycles. The number of piperidine rings is 1. The van der Waals surface area contributed by atoms with Gasteiger partial charge in [-0.2, -0.15) is 0 Å². The first-order valence-electron chi connectivity index (χ1n) is 7.24. The van der Waals surface area contributed by atoms with Crippen LogP contribution in [0.5, 0.6) is 0 Å². The molecule has 0 amide bonds. The lowest BCUT2D eigenvalue weighted by molar-refractivity contribution is 0.164. The summed E-state index contributed by atoms with van der Waals surface area (Å²) in [5.41, 5.74) is 1.40. The Balaban J connectivity index is 1.85. The molecule has 0 atom stereocenters. The molecule has 1 saturated heterocycles. The molecule has 1 fully saturated rings. The van der Waals surface area contributed by atoms with E-state index in [0.717, 1.165) is 12.5 Å². The Morgan fingerprint density at radius 1 is 1.22 bits per heavy atom. The van der Waals surface area contributed by atoms with Gasteiger partial charge in [0.15, 0.2) is 0 Å². The highest BCUT2D eigenvalue weighted by Gasteiger charge is 2.19. The highest BCUT2D eigenvalue weighted by molar-refractivity contribution is 5.10. The molecule has 1 aliphatic rings. The van der Waals surface area contributed by atoms with Crippen molar-refractivity contribution < 1.29 is 0 Å². The van der Waals surface area contributed by atoms with E-state index in [-0.39, 0.29) is 0 Å². The number of aromatic nitrogens is 1. The van der Waals surface area contributed by atoms with Crippen LogP contribution in [0.25, 0.3) is 0 Å². The van der Waals surface area contributed by atoms with E-state index in [0.29, 0.717) is 0 Å². The molecule has 0 aliphatic carbocycles. The van der Waals surface area contributed by atoms with E-state index in [1.165, 1.54) is 51.0 Å². The van der Waals surface area contributed by atoms with Crippen LogP contribution < -0.4 is 5.32 Å². The highest BCUT2D eigenvalue weighted by atomic mass is 15.2. The molecule has 3 nitrogen and oxygen atoms in total. The molecule has 1 N–H and O–H groups in total. The number of hydrogen-bond donors (Lipinski definition) is 1. The van der Waals surface area contributed by atoms with Crippen LogP contribution in [-0.4, -0.2) is 42.1 Å². The molecule has 3 heteroatoms. The van der Waals surface area contributed by atoms with Gasteiger partial charge in [-0.15, -0.1) is 0 Å². The molecule has 0 unspecified atom stereocenters. The van der Waals surface area contributed by atoms with Gasteiger partial charge < -0.3 is 5.32 Å². The fourth-order valence-corrected chi connectivity index (χ4v) is 2.76. The van der Waals surface area contributed by atoms with Crippen LogP contribution in [0.1, 0.15) is 31.7 Å².